The molecule has 0 radical (unpaired) electrons. The van der Waals surface area contributed by atoms with Crippen LogP contribution in [0.15, 0.2) is 29.2 Å². The molecule has 0 aliphatic heterocycles. The summed E-state index contributed by atoms with van der Waals surface area (Å²) >= 11 is 1.26. The van der Waals surface area contributed by atoms with Gasteiger partial charge in [-0.2, -0.15) is 0 Å². The molecule has 0 spiro atoms. The van der Waals surface area contributed by atoms with Gasteiger partial charge in [0.1, 0.15) is 11.5 Å². The lowest BCUT2D eigenvalue weighted by Crippen LogP contribution is -2.10. The molecule has 1 aromatic rings. The minimum atomic E-state index is -0.838. The molecule has 14 heavy (non-hydrogen) atoms. The third-order valence-corrected chi connectivity index (χ3v) is 2.78. The van der Waals surface area contributed by atoms with E-state index >= 15 is 0 Å². The number of rotatable bonds is 4. The van der Waals surface area contributed by atoms with Crippen LogP contribution in [0.5, 0.6) is 0 Å². The predicted octanol–water partition coefficient (Wildman–Crippen LogP) is 2.06. The molecule has 1 rings (SSSR count). The summed E-state index contributed by atoms with van der Waals surface area (Å²) < 4.78 is 0. The average Bonchev–Trinajstić information content (AvgIpc) is 2.19. The van der Waals surface area contributed by atoms with E-state index in [9.17, 15) is 9.59 Å². The molecule has 1 N–H and O–H groups in total. The average molecular weight is 210 g/mol. The number of carboxylic acids is 1. The van der Waals surface area contributed by atoms with Crippen LogP contribution >= 0.6 is 11.8 Å². The van der Waals surface area contributed by atoms with Crippen LogP contribution in [0.3, 0.4) is 0 Å². The Labute approximate surface area is 86.1 Å². The van der Waals surface area contributed by atoms with Crippen molar-refractivity contribution in [3.8, 4) is 0 Å². The predicted molar refractivity (Wildman–Crippen MR) is 54.8 cm³/mol. The first kappa shape index (κ1) is 10.8. The summed E-state index contributed by atoms with van der Waals surface area (Å²) in [4.78, 5) is 21.7. The van der Waals surface area contributed by atoms with E-state index in [1.54, 1.807) is 31.2 Å². The smallest absolute Gasteiger partial charge is 0.316 e. The van der Waals surface area contributed by atoms with Crippen molar-refractivity contribution in [2.75, 3.05) is 0 Å². The van der Waals surface area contributed by atoms with Gasteiger partial charge >= 0.3 is 5.97 Å². The van der Waals surface area contributed by atoms with E-state index in [0.29, 0.717) is 5.56 Å². The van der Waals surface area contributed by atoms with Gasteiger partial charge in [0.15, 0.2) is 0 Å². The molecule has 0 saturated carbocycles. The standard InChI is InChI=1S/C10H10O3S/c1-7(10(12)13)14-9-4-2-8(6-11)3-5-9/h2-7H,1H3,(H,12,13). The van der Waals surface area contributed by atoms with Gasteiger partial charge in [0.25, 0.3) is 0 Å². The van der Waals surface area contributed by atoms with Crippen LogP contribution in [0.2, 0.25) is 0 Å². The van der Waals surface area contributed by atoms with Crippen LogP contribution in [0.1, 0.15) is 17.3 Å². The van der Waals surface area contributed by atoms with E-state index in [1.807, 2.05) is 0 Å². The Kier molecular flexibility index (Phi) is 3.71. The Bertz CT molecular complexity index is 332. The van der Waals surface area contributed by atoms with E-state index in [4.69, 9.17) is 5.11 Å². The lowest BCUT2D eigenvalue weighted by molar-refractivity contribution is -0.136. The zero-order chi connectivity index (χ0) is 10.6. The van der Waals surface area contributed by atoms with Gasteiger partial charge in [-0.25, -0.2) is 0 Å². The largest absolute Gasteiger partial charge is 0.480 e. The Hall–Kier alpha value is -1.29. The highest BCUT2D eigenvalue weighted by atomic mass is 32.2. The zero-order valence-electron chi connectivity index (χ0n) is 7.64. The van der Waals surface area contributed by atoms with Gasteiger partial charge in [-0.15, -0.1) is 11.8 Å². The number of carbonyl (C=O) groups excluding carboxylic acids is 1. The van der Waals surface area contributed by atoms with Crippen LogP contribution < -0.4 is 0 Å². The summed E-state index contributed by atoms with van der Waals surface area (Å²) in [6, 6.07) is 6.83. The fourth-order valence-corrected chi connectivity index (χ4v) is 1.68. The molecular weight excluding hydrogens is 200 g/mol. The fraction of sp³-hybridized carbons (Fsp3) is 0.200. The molecular formula is C10H10O3S. The number of benzene rings is 1. The number of hydrogen-bond acceptors (Lipinski definition) is 3. The monoisotopic (exact) mass is 210 g/mol. The first-order chi connectivity index (χ1) is 6.63. The summed E-state index contributed by atoms with van der Waals surface area (Å²) in [5, 5.41) is 8.19. The molecule has 0 bridgehead atoms. The van der Waals surface area contributed by atoms with Gasteiger partial charge in [0.05, 0.1) is 0 Å². The van der Waals surface area contributed by atoms with Gasteiger partial charge in [-0.1, -0.05) is 12.1 Å². The van der Waals surface area contributed by atoms with E-state index in [0.717, 1.165) is 11.2 Å². The first-order valence-corrected chi connectivity index (χ1v) is 4.96. The fourth-order valence-electron chi connectivity index (χ4n) is 0.879. The van der Waals surface area contributed by atoms with Crippen LogP contribution in [0.4, 0.5) is 0 Å². The van der Waals surface area contributed by atoms with E-state index in [1.165, 1.54) is 11.8 Å². The Morgan fingerprint density at radius 1 is 1.43 bits per heavy atom. The first-order valence-electron chi connectivity index (χ1n) is 4.08. The van der Waals surface area contributed by atoms with E-state index < -0.39 is 11.2 Å². The van der Waals surface area contributed by atoms with Crippen LogP contribution in [-0.2, 0) is 4.79 Å². The number of aldehydes is 1. The molecule has 0 heterocycles. The summed E-state index contributed by atoms with van der Waals surface area (Å²) in [5.74, 6) is -0.838. The van der Waals surface area contributed by atoms with Gasteiger partial charge in [-0.05, 0) is 19.1 Å². The Morgan fingerprint density at radius 2 is 2.00 bits per heavy atom. The normalized spacial score (nSPS) is 12.1. The quantitative estimate of drug-likeness (QED) is 0.610. The topological polar surface area (TPSA) is 54.4 Å². The molecule has 4 heteroatoms. The van der Waals surface area contributed by atoms with Crippen molar-refractivity contribution in [1.29, 1.82) is 0 Å². The summed E-state index contributed by atoms with van der Waals surface area (Å²) in [6.07, 6.45) is 0.759. The van der Waals surface area contributed by atoms with Crippen molar-refractivity contribution in [1.82, 2.24) is 0 Å². The third kappa shape index (κ3) is 2.88. The number of hydrogen-bond donors (Lipinski definition) is 1. The lowest BCUT2D eigenvalue weighted by atomic mass is 10.2. The molecule has 74 valence electrons. The number of carboxylic acid groups (broad SMARTS) is 1. The van der Waals surface area contributed by atoms with E-state index in [2.05, 4.69) is 0 Å². The third-order valence-electron chi connectivity index (χ3n) is 1.68. The summed E-state index contributed by atoms with van der Waals surface area (Å²) in [6.45, 7) is 1.63. The minimum absolute atomic E-state index is 0.475. The molecule has 3 nitrogen and oxygen atoms in total. The number of thioether (sulfide) groups is 1. The van der Waals surface area contributed by atoms with Gasteiger partial charge < -0.3 is 5.11 Å². The number of carbonyl (C=O) groups is 2. The molecule has 0 aliphatic rings. The van der Waals surface area contributed by atoms with Crippen molar-refractivity contribution < 1.29 is 14.7 Å². The molecule has 1 aromatic carbocycles. The number of aliphatic carboxylic acids is 1. The van der Waals surface area contributed by atoms with Gasteiger partial charge in [-0.3, -0.25) is 9.59 Å². The maximum Gasteiger partial charge on any atom is 0.316 e. The Balaban J connectivity index is 2.68. The molecule has 0 amide bonds. The second kappa shape index (κ2) is 4.81. The van der Waals surface area contributed by atoms with Crippen molar-refractivity contribution in [2.45, 2.75) is 17.1 Å². The van der Waals surface area contributed by atoms with Crippen LogP contribution in [-0.4, -0.2) is 22.6 Å². The highest BCUT2D eigenvalue weighted by Gasteiger charge is 2.11. The van der Waals surface area contributed by atoms with E-state index in [-0.39, 0.29) is 0 Å². The SMILES string of the molecule is CC(Sc1ccc(C=O)cc1)C(=O)O. The minimum Gasteiger partial charge on any atom is -0.480 e. The van der Waals surface area contributed by atoms with Crippen molar-refractivity contribution in [2.24, 2.45) is 0 Å². The molecule has 1 atom stereocenters. The van der Waals surface area contributed by atoms with Crippen molar-refractivity contribution in [3.63, 3.8) is 0 Å². The van der Waals surface area contributed by atoms with Crippen molar-refractivity contribution >= 4 is 24.0 Å². The highest BCUT2D eigenvalue weighted by Crippen LogP contribution is 2.23. The van der Waals surface area contributed by atoms with Crippen LogP contribution in [0, 0.1) is 0 Å². The van der Waals surface area contributed by atoms with Gasteiger partial charge in [0.2, 0.25) is 0 Å². The lowest BCUT2D eigenvalue weighted by Gasteiger charge is -2.05. The molecule has 1 unspecified atom stereocenters. The summed E-state index contributed by atoms with van der Waals surface area (Å²) in [5.41, 5.74) is 0.595. The zero-order valence-corrected chi connectivity index (χ0v) is 8.45. The van der Waals surface area contributed by atoms with Crippen molar-refractivity contribution in [3.05, 3.63) is 29.8 Å². The highest BCUT2D eigenvalue weighted by molar-refractivity contribution is 8.00. The molecule has 0 aliphatic carbocycles. The maximum atomic E-state index is 10.5. The van der Waals surface area contributed by atoms with Crippen LogP contribution in [0.25, 0.3) is 0 Å². The Morgan fingerprint density at radius 3 is 2.43 bits per heavy atom. The molecule has 0 fully saturated rings. The molecule has 0 saturated heterocycles. The maximum absolute atomic E-state index is 10.5. The second-order valence-corrected chi connectivity index (χ2v) is 4.20. The molecule has 0 aromatic heterocycles. The second-order valence-electron chi connectivity index (χ2n) is 2.79. The van der Waals surface area contributed by atoms with Gasteiger partial charge in [0, 0.05) is 10.5 Å². The summed E-state index contributed by atoms with van der Waals surface area (Å²) in [7, 11) is 0.